The molecule has 0 aromatic carbocycles. The van der Waals surface area contributed by atoms with E-state index in [0.717, 1.165) is 15.8 Å². The minimum atomic E-state index is -0.732. The molecule has 1 aromatic heterocycles. The van der Waals surface area contributed by atoms with Crippen molar-refractivity contribution in [3.63, 3.8) is 0 Å². The lowest BCUT2D eigenvalue weighted by Gasteiger charge is -2.11. The van der Waals surface area contributed by atoms with Gasteiger partial charge in [0.15, 0.2) is 0 Å². The average molecular weight is 232 g/mol. The van der Waals surface area contributed by atoms with Gasteiger partial charge < -0.3 is 10.4 Å². The predicted octanol–water partition coefficient (Wildman–Crippen LogP) is 1.79. The minimum absolute atomic E-state index is 0.0741. The van der Waals surface area contributed by atoms with Crippen LogP contribution in [0.5, 0.6) is 0 Å². The summed E-state index contributed by atoms with van der Waals surface area (Å²) in [7, 11) is 0. The van der Waals surface area contributed by atoms with Gasteiger partial charge in [-0.05, 0) is 12.1 Å². The van der Waals surface area contributed by atoms with E-state index in [1.165, 1.54) is 11.3 Å². The van der Waals surface area contributed by atoms with Crippen molar-refractivity contribution in [1.29, 1.82) is 0 Å². The summed E-state index contributed by atoms with van der Waals surface area (Å²) in [6.45, 7) is 1.28. The van der Waals surface area contributed by atoms with Crippen LogP contribution < -0.4 is 5.32 Å². The fourth-order valence-corrected chi connectivity index (χ4v) is 2.99. The van der Waals surface area contributed by atoms with E-state index in [4.69, 9.17) is 16.7 Å². The van der Waals surface area contributed by atoms with E-state index in [0.29, 0.717) is 6.54 Å². The maximum absolute atomic E-state index is 10.9. The molecule has 14 heavy (non-hydrogen) atoms. The highest BCUT2D eigenvalue weighted by molar-refractivity contribution is 7.16. The average Bonchev–Trinajstić information content (AvgIpc) is 2.70. The number of hydrogen-bond donors (Lipinski definition) is 2. The van der Waals surface area contributed by atoms with Crippen molar-refractivity contribution in [1.82, 2.24) is 5.32 Å². The highest BCUT2D eigenvalue weighted by Crippen LogP contribution is 2.34. The number of rotatable bonds is 2. The SMILES string of the molecule is O=C(O)[C@H]1CNC[C@@H]1c1ccc(Cl)s1. The van der Waals surface area contributed by atoms with E-state index in [2.05, 4.69) is 5.32 Å². The van der Waals surface area contributed by atoms with Crippen LogP contribution in [0.3, 0.4) is 0 Å². The Morgan fingerprint density at radius 1 is 1.57 bits per heavy atom. The van der Waals surface area contributed by atoms with Gasteiger partial charge >= 0.3 is 5.97 Å². The molecule has 0 saturated carbocycles. The fraction of sp³-hybridized carbons (Fsp3) is 0.444. The second-order valence-electron chi connectivity index (χ2n) is 3.35. The first kappa shape index (κ1) is 9.96. The summed E-state index contributed by atoms with van der Waals surface area (Å²) >= 11 is 7.29. The summed E-state index contributed by atoms with van der Waals surface area (Å²) in [6, 6.07) is 3.74. The number of nitrogens with one attached hydrogen (secondary N) is 1. The molecule has 2 atom stereocenters. The Morgan fingerprint density at radius 2 is 2.36 bits per heavy atom. The van der Waals surface area contributed by atoms with Gasteiger partial charge in [-0.15, -0.1) is 11.3 Å². The summed E-state index contributed by atoms with van der Waals surface area (Å²) in [5.41, 5.74) is 0. The van der Waals surface area contributed by atoms with Gasteiger partial charge in [0.1, 0.15) is 0 Å². The number of carboxylic acids is 1. The van der Waals surface area contributed by atoms with Gasteiger partial charge in [0.05, 0.1) is 10.3 Å². The number of carboxylic acid groups (broad SMARTS) is 1. The molecule has 1 aliphatic rings. The smallest absolute Gasteiger partial charge is 0.308 e. The van der Waals surface area contributed by atoms with Crippen LogP contribution in [0, 0.1) is 5.92 Å². The molecule has 0 aliphatic carbocycles. The van der Waals surface area contributed by atoms with Crippen LogP contribution in [-0.4, -0.2) is 24.2 Å². The first-order chi connectivity index (χ1) is 6.68. The molecule has 0 bridgehead atoms. The van der Waals surface area contributed by atoms with Gasteiger partial charge in [-0.2, -0.15) is 0 Å². The third kappa shape index (κ3) is 1.78. The van der Waals surface area contributed by atoms with E-state index in [9.17, 15) is 4.79 Å². The highest BCUT2D eigenvalue weighted by atomic mass is 35.5. The van der Waals surface area contributed by atoms with Gasteiger partial charge in [0, 0.05) is 23.9 Å². The molecule has 1 fully saturated rings. The lowest BCUT2D eigenvalue weighted by atomic mass is 9.95. The van der Waals surface area contributed by atoms with Crippen LogP contribution in [0.2, 0.25) is 4.34 Å². The summed E-state index contributed by atoms with van der Waals surface area (Å²) in [5, 5.41) is 12.1. The Kier molecular flexibility index (Phi) is 2.76. The molecule has 0 amide bonds. The van der Waals surface area contributed by atoms with E-state index >= 15 is 0 Å². The largest absolute Gasteiger partial charge is 0.481 e. The maximum Gasteiger partial charge on any atom is 0.308 e. The number of hydrogen-bond acceptors (Lipinski definition) is 3. The predicted molar refractivity (Wildman–Crippen MR) is 56.1 cm³/mol. The molecule has 0 unspecified atom stereocenters. The third-order valence-electron chi connectivity index (χ3n) is 2.49. The van der Waals surface area contributed by atoms with Crippen molar-refractivity contribution in [2.45, 2.75) is 5.92 Å². The van der Waals surface area contributed by atoms with Gasteiger partial charge in [0.25, 0.3) is 0 Å². The normalized spacial score (nSPS) is 26.6. The monoisotopic (exact) mass is 231 g/mol. The van der Waals surface area contributed by atoms with Gasteiger partial charge in [-0.1, -0.05) is 11.6 Å². The van der Waals surface area contributed by atoms with Crippen LogP contribution in [0.1, 0.15) is 10.8 Å². The zero-order chi connectivity index (χ0) is 10.1. The molecular formula is C9H10ClNO2S. The van der Waals surface area contributed by atoms with Crippen LogP contribution in [0.15, 0.2) is 12.1 Å². The van der Waals surface area contributed by atoms with Crippen molar-refractivity contribution in [3.05, 3.63) is 21.3 Å². The highest BCUT2D eigenvalue weighted by Gasteiger charge is 2.34. The van der Waals surface area contributed by atoms with E-state index < -0.39 is 5.97 Å². The quantitative estimate of drug-likeness (QED) is 0.816. The first-order valence-corrected chi connectivity index (χ1v) is 5.56. The lowest BCUT2D eigenvalue weighted by molar-refractivity contribution is -0.141. The van der Waals surface area contributed by atoms with E-state index in [1.54, 1.807) is 0 Å². The molecule has 2 rings (SSSR count). The Labute approximate surface area is 90.7 Å². The molecule has 2 N–H and O–H groups in total. The molecule has 1 saturated heterocycles. The summed E-state index contributed by atoms with van der Waals surface area (Å²) in [5.74, 6) is -0.973. The maximum atomic E-state index is 10.9. The third-order valence-corrected chi connectivity index (χ3v) is 3.85. The molecule has 76 valence electrons. The van der Waals surface area contributed by atoms with Crippen LogP contribution in [0.4, 0.5) is 0 Å². The van der Waals surface area contributed by atoms with Crippen molar-refractivity contribution >= 4 is 28.9 Å². The Bertz CT molecular complexity index is 352. The van der Waals surface area contributed by atoms with Crippen molar-refractivity contribution in [2.24, 2.45) is 5.92 Å². The van der Waals surface area contributed by atoms with Crippen LogP contribution in [0.25, 0.3) is 0 Å². The van der Waals surface area contributed by atoms with Crippen LogP contribution in [-0.2, 0) is 4.79 Å². The molecule has 2 heterocycles. The summed E-state index contributed by atoms with van der Waals surface area (Å²) in [4.78, 5) is 12.0. The minimum Gasteiger partial charge on any atom is -0.481 e. The lowest BCUT2D eigenvalue weighted by Crippen LogP contribution is -2.20. The second-order valence-corrected chi connectivity index (χ2v) is 5.10. The summed E-state index contributed by atoms with van der Waals surface area (Å²) < 4.78 is 0.719. The second kappa shape index (κ2) is 3.88. The molecule has 5 heteroatoms. The Hall–Kier alpha value is -0.580. The number of halogens is 1. The van der Waals surface area contributed by atoms with Crippen LogP contribution >= 0.6 is 22.9 Å². The molecule has 0 radical (unpaired) electrons. The number of carbonyl (C=O) groups is 1. The molecule has 1 aromatic rings. The van der Waals surface area contributed by atoms with Gasteiger partial charge in [0.2, 0.25) is 0 Å². The van der Waals surface area contributed by atoms with Crippen molar-refractivity contribution in [3.8, 4) is 0 Å². The number of thiophene rings is 1. The van der Waals surface area contributed by atoms with Gasteiger partial charge in [-0.3, -0.25) is 4.79 Å². The number of aliphatic carboxylic acids is 1. The van der Waals surface area contributed by atoms with E-state index in [1.807, 2.05) is 12.1 Å². The van der Waals surface area contributed by atoms with Gasteiger partial charge in [-0.25, -0.2) is 0 Å². The zero-order valence-corrected chi connectivity index (χ0v) is 8.94. The molecule has 0 spiro atoms. The van der Waals surface area contributed by atoms with E-state index in [-0.39, 0.29) is 11.8 Å². The zero-order valence-electron chi connectivity index (χ0n) is 7.37. The summed E-state index contributed by atoms with van der Waals surface area (Å²) in [6.07, 6.45) is 0. The fourth-order valence-electron chi connectivity index (χ4n) is 1.76. The topological polar surface area (TPSA) is 49.3 Å². The van der Waals surface area contributed by atoms with Crippen molar-refractivity contribution in [2.75, 3.05) is 13.1 Å². The molecule has 3 nitrogen and oxygen atoms in total. The first-order valence-electron chi connectivity index (χ1n) is 4.37. The Balaban J connectivity index is 2.21. The van der Waals surface area contributed by atoms with Crippen molar-refractivity contribution < 1.29 is 9.90 Å². The Morgan fingerprint density at radius 3 is 2.93 bits per heavy atom. The molecular weight excluding hydrogens is 222 g/mol. The standard InChI is InChI=1S/C9H10ClNO2S/c10-8-2-1-7(14-8)5-3-11-4-6(5)9(12)13/h1-2,5-6,11H,3-4H2,(H,12,13)/t5-,6-/m0/s1. The molecule has 1 aliphatic heterocycles.